The van der Waals surface area contributed by atoms with Crippen LogP contribution in [0.25, 0.3) is 10.9 Å². The van der Waals surface area contributed by atoms with Crippen LogP contribution in [0.4, 0.5) is 0 Å². The second-order valence-corrected chi connectivity index (χ2v) is 8.11. The number of aryl methyl sites for hydroxylation is 1. The molecule has 5 heteroatoms. The molecule has 2 aromatic carbocycles. The van der Waals surface area contributed by atoms with Crippen molar-refractivity contribution in [2.24, 2.45) is 13.0 Å². The lowest BCUT2D eigenvalue weighted by Crippen LogP contribution is -2.27. The van der Waals surface area contributed by atoms with E-state index in [1.165, 1.54) is 5.39 Å². The Kier molecular flexibility index (Phi) is 5.47. The lowest BCUT2D eigenvalue weighted by atomic mass is 9.87. The molecule has 1 atom stereocenters. The number of nitrogens with one attached hydrogen (secondary N) is 1. The molecule has 1 amide bonds. The van der Waals surface area contributed by atoms with Crippen LogP contribution < -0.4 is 14.8 Å². The second-order valence-electron chi connectivity index (χ2n) is 8.11. The number of amides is 1. The lowest BCUT2D eigenvalue weighted by Gasteiger charge is -2.18. The molecule has 1 aliphatic heterocycles. The van der Waals surface area contributed by atoms with Crippen molar-refractivity contribution in [3.05, 3.63) is 59.8 Å². The summed E-state index contributed by atoms with van der Waals surface area (Å²) in [5.41, 5.74) is 3.37. The highest BCUT2D eigenvalue weighted by Gasteiger charge is 2.24. The van der Waals surface area contributed by atoms with Crippen LogP contribution in [0, 0.1) is 5.92 Å². The van der Waals surface area contributed by atoms with E-state index in [1.807, 2.05) is 37.4 Å². The molecule has 4 rings (SSSR count). The molecule has 1 aromatic heterocycles. The number of fused-ring (bicyclic) bond motifs is 2. The van der Waals surface area contributed by atoms with Gasteiger partial charge in [-0.05, 0) is 41.7 Å². The van der Waals surface area contributed by atoms with Crippen molar-refractivity contribution >= 4 is 16.8 Å². The molecule has 0 radical (unpaired) electrons. The van der Waals surface area contributed by atoms with E-state index >= 15 is 0 Å². The van der Waals surface area contributed by atoms with Crippen molar-refractivity contribution in [3.63, 3.8) is 0 Å². The van der Waals surface area contributed by atoms with Gasteiger partial charge in [-0.3, -0.25) is 4.79 Å². The Balaban J connectivity index is 1.68. The molecule has 0 unspecified atom stereocenters. The highest BCUT2D eigenvalue weighted by atomic mass is 16.7. The smallest absolute Gasteiger partial charge is 0.231 e. The van der Waals surface area contributed by atoms with Crippen LogP contribution in [-0.2, 0) is 11.8 Å². The maximum absolute atomic E-state index is 12.8. The number of para-hydroxylation sites is 1. The fourth-order valence-electron chi connectivity index (χ4n) is 3.95. The van der Waals surface area contributed by atoms with E-state index < -0.39 is 0 Å². The van der Waals surface area contributed by atoms with Gasteiger partial charge in [0.1, 0.15) is 0 Å². The molecule has 5 nitrogen and oxygen atoms in total. The van der Waals surface area contributed by atoms with E-state index in [0.29, 0.717) is 18.9 Å². The van der Waals surface area contributed by atoms with Crippen LogP contribution in [0.3, 0.4) is 0 Å². The zero-order chi connectivity index (χ0) is 20.4. The van der Waals surface area contributed by atoms with E-state index in [0.717, 1.165) is 34.6 Å². The first-order valence-electron chi connectivity index (χ1n) is 10.2. The Bertz CT molecular complexity index is 1020. The van der Waals surface area contributed by atoms with Gasteiger partial charge in [-0.25, -0.2) is 0 Å². The third-order valence-corrected chi connectivity index (χ3v) is 5.54. The van der Waals surface area contributed by atoms with Crippen molar-refractivity contribution in [3.8, 4) is 11.5 Å². The third kappa shape index (κ3) is 4.09. The van der Waals surface area contributed by atoms with Crippen LogP contribution in [-0.4, -0.2) is 23.8 Å². The molecule has 152 valence electrons. The number of nitrogens with zero attached hydrogens (tertiary/aromatic N) is 1. The van der Waals surface area contributed by atoms with Gasteiger partial charge in [0.05, 0.1) is 0 Å². The van der Waals surface area contributed by atoms with Gasteiger partial charge in [-0.2, -0.15) is 0 Å². The van der Waals surface area contributed by atoms with E-state index in [1.54, 1.807) is 0 Å². The molecule has 0 bridgehead atoms. The van der Waals surface area contributed by atoms with Crippen molar-refractivity contribution in [1.82, 2.24) is 9.88 Å². The summed E-state index contributed by atoms with van der Waals surface area (Å²) in [6.07, 6.45) is 3.52. The zero-order valence-electron chi connectivity index (χ0n) is 17.3. The first kappa shape index (κ1) is 19.4. The zero-order valence-corrected chi connectivity index (χ0v) is 17.3. The molecule has 2 heterocycles. The van der Waals surface area contributed by atoms with E-state index in [-0.39, 0.29) is 18.6 Å². The topological polar surface area (TPSA) is 52.5 Å². The number of rotatable bonds is 7. The van der Waals surface area contributed by atoms with Crippen LogP contribution >= 0.6 is 0 Å². The number of hydrogen-bond donors (Lipinski definition) is 1. The van der Waals surface area contributed by atoms with Gasteiger partial charge in [-0.15, -0.1) is 0 Å². The molecule has 3 aromatic rings. The number of carbonyl (C=O) groups excluding carboxylic acids is 1. The largest absolute Gasteiger partial charge is 0.454 e. The fraction of sp³-hybridized carbons (Fsp3) is 0.375. The summed E-state index contributed by atoms with van der Waals surface area (Å²) < 4.78 is 13.2. The molecule has 29 heavy (non-hydrogen) atoms. The third-order valence-electron chi connectivity index (χ3n) is 5.54. The van der Waals surface area contributed by atoms with Crippen molar-refractivity contribution in [2.75, 3.05) is 13.3 Å². The fourth-order valence-corrected chi connectivity index (χ4v) is 3.95. The summed E-state index contributed by atoms with van der Waals surface area (Å²) in [4.78, 5) is 12.8. The summed E-state index contributed by atoms with van der Waals surface area (Å²) >= 11 is 0. The lowest BCUT2D eigenvalue weighted by molar-refractivity contribution is -0.121. The summed E-state index contributed by atoms with van der Waals surface area (Å²) in [6.45, 7) is 5.28. The average molecular weight is 392 g/mol. The van der Waals surface area contributed by atoms with Crippen LogP contribution in [0.15, 0.2) is 48.7 Å². The molecular formula is C24H28N2O3. The predicted octanol–water partition coefficient (Wildman–Crippen LogP) is 4.59. The number of carbonyl (C=O) groups is 1. The average Bonchev–Trinajstić information content (AvgIpc) is 3.30. The Hall–Kier alpha value is -2.95. The van der Waals surface area contributed by atoms with E-state index in [9.17, 15) is 4.79 Å². The van der Waals surface area contributed by atoms with Gasteiger partial charge < -0.3 is 19.4 Å². The molecule has 0 saturated carbocycles. The standard InChI is InChI=1S/C24H28N2O3/c1-16(2)10-11-25-24(27)13-19(17-8-9-22-23(12-17)29-15-28-22)20-14-26(3)21-7-5-4-6-18(20)21/h4-9,12,14,16,19H,10-11,13,15H2,1-3H3,(H,25,27)/t19-/m1/s1. The van der Waals surface area contributed by atoms with Crippen LogP contribution in [0.2, 0.25) is 0 Å². The Labute approximate surface area is 171 Å². The van der Waals surface area contributed by atoms with Gasteiger partial charge >= 0.3 is 0 Å². The summed E-state index contributed by atoms with van der Waals surface area (Å²) in [5.74, 6) is 2.08. The minimum absolute atomic E-state index is 0.0605. The highest BCUT2D eigenvalue weighted by molar-refractivity contribution is 5.86. The molecule has 0 saturated heterocycles. The monoisotopic (exact) mass is 392 g/mol. The number of hydrogen-bond acceptors (Lipinski definition) is 3. The predicted molar refractivity (Wildman–Crippen MR) is 114 cm³/mol. The quantitative estimate of drug-likeness (QED) is 0.640. The number of ether oxygens (including phenoxy) is 2. The van der Waals surface area contributed by atoms with Gasteiger partial charge in [-0.1, -0.05) is 38.1 Å². The van der Waals surface area contributed by atoms with E-state index in [4.69, 9.17) is 9.47 Å². The number of benzene rings is 2. The normalized spacial score (nSPS) is 13.8. The van der Waals surface area contributed by atoms with Crippen molar-refractivity contribution in [1.29, 1.82) is 0 Å². The van der Waals surface area contributed by atoms with Gasteiger partial charge in [0.15, 0.2) is 11.5 Å². The van der Waals surface area contributed by atoms with Crippen molar-refractivity contribution in [2.45, 2.75) is 32.6 Å². The van der Waals surface area contributed by atoms with Gasteiger partial charge in [0.25, 0.3) is 0 Å². The Morgan fingerprint density at radius 1 is 1.14 bits per heavy atom. The maximum atomic E-state index is 12.8. The van der Waals surface area contributed by atoms with Crippen molar-refractivity contribution < 1.29 is 14.3 Å². The Morgan fingerprint density at radius 2 is 1.93 bits per heavy atom. The molecule has 1 aliphatic rings. The highest BCUT2D eigenvalue weighted by Crippen LogP contribution is 2.39. The minimum Gasteiger partial charge on any atom is -0.454 e. The molecular weight excluding hydrogens is 364 g/mol. The minimum atomic E-state index is -0.0605. The SMILES string of the molecule is CC(C)CCNC(=O)C[C@H](c1ccc2c(c1)OCO2)c1cn(C)c2ccccc12. The molecule has 0 aliphatic carbocycles. The summed E-state index contributed by atoms with van der Waals surface area (Å²) in [5, 5.41) is 4.26. The van der Waals surface area contributed by atoms with Crippen LogP contribution in [0.5, 0.6) is 11.5 Å². The first-order valence-corrected chi connectivity index (χ1v) is 10.2. The second kappa shape index (κ2) is 8.19. The summed E-state index contributed by atoms with van der Waals surface area (Å²) in [7, 11) is 2.05. The van der Waals surface area contributed by atoms with Crippen LogP contribution in [0.1, 0.15) is 43.7 Å². The molecule has 0 fully saturated rings. The summed E-state index contributed by atoms with van der Waals surface area (Å²) in [6, 6.07) is 14.3. The van der Waals surface area contributed by atoms with Gasteiger partial charge in [0.2, 0.25) is 12.7 Å². The van der Waals surface area contributed by atoms with Gasteiger partial charge in [0, 0.05) is 43.0 Å². The maximum Gasteiger partial charge on any atom is 0.231 e. The molecule has 0 spiro atoms. The van der Waals surface area contributed by atoms with E-state index in [2.05, 4.69) is 42.1 Å². The Morgan fingerprint density at radius 3 is 2.76 bits per heavy atom. The first-order chi connectivity index (χ1) is 14.0. The molecule has 1 N–H and O–H groups in total. The number of aromatic nitrogens is 1.